The Bertz CT molecular complexity index is 460. The van der Waals surface area contributed by atoms with Gasteiger partial charge in [-0.05, 0) is 57.0 Å². The number of nitrogens with zero attached hydrogens (tertiary/aromatic N) is 1. The van der Waals surface area contributed by atoms with Gasteiger partial charge in [-0.25, -0.2) is 4.79 Å². The van der Waals surface area contributed by atoms with Gasteiger partial charge in [-0.1, -0.05) is 32.9 Å². The first-order chi connectivity index (χ1) is 10.2. The molecule has 0 aliphatic heterocycles. The lowest BCUT2D eigenvalue weighted by atomic mass is 9.87. The lowest BCUT2D eigenvalue weighted by molar-refractivity contribution is 0.248. The van der Waals surface area contributed by atoms with Crippen molar-refractivity contribution < 1.29 is 4.79 Å². The van der Waals surface area contributed by atoms with Gasteiger partial charge in [-0.3, -0.25) is 0 Å². The van der Waals surface area contributed by atoms with Crippen LogP contribution in [0.1, 0.15) is 46.6 Å². The summed E-state index contributed by atoms with van der Waals surface area (Å²) in [6.07, 6.45) is 0.949. The van der Waals surface area contributed by atoms with E-state index in [0.29, 0.717) is 12.6 Å². The molecule has 0 bridgehead atoms. The van der Waals surface area contributed by atoms with E-state index in [4.69, 9.17) is 0 Å². The molecule has 0 aromatic heterocycles. The molecule has 4 heteroatoms. The van der Waals surface area contributed by atoms with Crippen LogP contribution in [0.5, 0.6) is 0 Å². The molecule has 2 amide bonds. The first-order valence-electron chi connectivity index (χ1n) is 8.06. The van der Waals surface area contributed by atoms with Gasteiger partial charge in [0.1, 0.15) is 0 Å². The molecule has 0 saturated carbocycles. The molecule has 0 aliphatic rings. The van der Waals surface area contributed by atoms with Crippen molar-refractivity contribution in [1.82, 2.24) is 10.2 Å². The molecule has 124 valence electrons. The van der Waals surface area contributed by atoms with Crippen molar-refractivity contribution in [3.63, 3.8) is 0 Å². The molecule has 1 aromatic rings. The standard InChI is InChI=1S/C18H31N3O/c1-14(2)21(6)13-7-12-19-17(22)20-16-10-8-15(9-11-16)18(3,4)5/h8-11,14H,7,12-13H2,1-6H3,(H2,19,20,22). The SMILES string of the molecule is CC(C)N(C)CCCNC(=O)Nc1ccc(C(C)(C)C)cc1. The first kappa shape index (κ1) is 18.5. The second-order valence-corrected chi connectivity index (χ2v) is 7.14. The number of carbonyl (C=O) groups is 1. The molecule has 0 atom stereocenters. The van der Waals surface area contributed by atoms with Gasteiger partial charge in [0.15, 0.2) is 0 Å². The van der Waals surface area contributed by atoms with Gasteiger partial charge in [-0.2, -0.15) is 0 Å². The van der Waals surface area contributed by atoms with Crippen molar-refractivity contribution in [3.05, 3.63) is 29.8 Å². The van der Waals surface area contributed by atoms with E-state index >= 15 is 0 Å². The van der Waals surface area contributed by atoms with Gasteiger partial charge in [0.25, 0.3) is 0 Å². The molecule has 2 N–H and O–H groups in total. The van der Waals surface area contributed by atoms with Crippen LogP contribution >= 0.6 is 0 Å². The summed E-state index contributed by atoms with van der Waals surface area (Å²) in [4.78, 5) is 14.1. The zero-order valence-electron chi connectivity index (χ0n) is 14.9. The Balaban J connectivity index is 2.33. The Morgan fingerprint density at radius 3 is 2.27 bits per heavy atom. The minimum absolute atomic E-state index is 0.128. The number of urea groups is 1. The summed E-state index contributed by atoms with van der Waals surface area (Å²) in [5.74, 6) is 0. The predicted molar refractivity (Wildman–Crippen MR) is 94.5 cm³/mol. The Morgan fingerprint density at radius 1 is 1.18 bits per heavy atom. The molecule has 22 heavy (non-hydrogen) atoms. The van der Waals surface area contributed by atoms with Gasteiger partial charge in [0, 0.05) is 18.3 Å². The van der Waals surface area contributed by atoms with E-state index in [9.17, 15) is 4.79 Å². The van der Waals surface area contributed by atoms with Crippen LogP contribution in [0.15, 0.2) is 24.3 Å². The lowest BCUT2D eigenvalue weighted by Crippen LogP contribution is -2.33. The van der Waals surface area contributed by atoms with E-state index in [2.05, 4.69) is 69.3 Å². The highest BCUT2D eigenvalue weighted by Crippen LogP contribution is 2.23. The Morgan fingerprint density at radius 2 is 1.77 bits per heavy atom. The van der Waals surface area contributed by atoms with Crippen LogP contribution in [-0.2, 0) is 5.41 Å². The lowest BCUT2D eigenvalue weighted by Gasteiger charge is -2.20. The van der Waals surface area contributed by atoms with Crippen LogP contribution in [0, 0.1) is 0 Å². The fourth-order valence-corrected chi connectivity index (χ4v) is 2.02. The second kappa shape index (κ2) is 8.18. The molecular weight excluding hydrogens is 274 g/mol. The van der Waals surface area contributed by atoms with Crippen molar-refractivity contribution in [2.45, 2.75) is 52.5 Å². The van der Waals surface area contributed by atoms with Gasteiger partial charge in [0.05, 0.1) is 0 Å². The van der Waals surface area contributed by atoms with Crippen molar-refractivity contribution >= 4 is 11.7 Å². The van der Waals surface area contributed by atoms with Crippen LogP contribution in [-0.4, -0.2) is 37.1 Å². The van der Waals surface area contributed by atoms with Crippen LogP contribution in [0.25, 0.3) is 0 Å². The maximum atomic E-state index is 11.8. The third kappa shape index (κ3) is 6.48. The topological polar surface area (TPSA) is 44.4 Å². The highest BCUT2D eigenvalue weighted by molar-refractivity contribution is 5.89. The summed E-state index contributed by atoms with van der Waals surface area (Å²) in [5, 5.41) is 5.76. The normalized spacial score (nSPS) is 11.8. The molecule has 0 unspecified atom stereocenters. The van der Waals surface area contributed by atoms with Gasteiger partial charge < -0.3 is 15.5 Å². The zero-order valence-corrected chi connectivity index (χ0v) is 14.9. The largest absolute Gasteiger partial charge is 0.338 e. The quantitative estimate of drug-likeness (QED) is 0.784. The molecule has 0 radical (unpaired) electrons. The third-order valence-electron chi connectivity index (χ3n) is 3.86. The minimum atomic E-state index is -0.143. The molecule has 4 nitrogen and oxygen atoms in total. The number of anilines is 1. The Hall–Kier alpha value is -1.55. The van der Waals surface area contributed by atoms with Crippen LogP contribution in [0.2, 0.25) is 0 Å². The van der Waals surface area contributed by atoms with E-state index in [-0.39, 0.29) is 11.4 Å². The molecule has 0 spiro atoms. The van der Waals surface area contributed by atoms with Crippen molar-refractivity contribution in [1.29, 1.82) is 0 Å². The summed E-state index contributed by atoms with van der Waals surface area (Å²) in [5.41, 5.74) is 2.21. The van der Waals surface area contributed by atoms with Gasteiger partial charge in [-0.15, -0.1) is 0 Å². The molecule has 0 heterocycles. The number of hydrogen-bond donors (Lipinski definition) is 2. The van der Waals surface area contributed by atoms with Crippen molar-refractivity contribution in [2.24, 2.45) is 0 Å². The average molecular weight is 305 g/mol. The minimum Gasteiger partial charge on any atom is -0.338 e. The summed E-state index contributed by atoms with van der Waals surface area (Å²) in [6, 6.07) is 8.42. The highest BCUT2D eigenvalue weighted by Gasteiger charge is 2.13. The summed E-state index contributed by atoms with van der Waals surface area (Å²) >= 11 is 0. The van der Waals surface area contributed by atoms with E-state index < -0.39 is 0 Å². The summed E-state index contributed by atoms with van der Waals surface area (Å²) in [6.45, 7) is 12.5. The maximum absolute atomic E-state index is 11.8. The van der Waals surface area contributed by atoms with E-state index in [1.165, 1.54) is 5.56 Å². The molecule has 0 fully saturated rings. The maximum Gasteiger partial charge on any atom is 0.319 e. The van der Waals surface area contributed by atoms with Crippen LogP contribution in [0.3, 0.4) is 0 Å². The number of amides is 2. The molecular formula is C18H31N3O. The number of rotatable bonds is 6. The number of hydrogen-bond acceptors (Lipinski definition) is 2. The number of nitrogens with one attached hydrogen (secondary N) is 2. The van der Waals surface area contributed by atoms with Gasteiger partial charge in [0.2, 0.25) is 0 Å². The summed E-state index contributed by atoms with van der Waals surface area (Å²) in [7, 11) is 2.10. The fourth-order valence-electron chi connectivity index (χ4n) is 2.02. The fraction of sp³-hybridized carbons (Fsp3) is 0.611. The first-order valence-corrected chi connectivity index (χ1v) is 8.06. The van der Waals surface area contributed by atoms with Gasteiger partial charge >= 0.3 is 6.03 Å². The predicted octanol–water partition coefficient (Wildman–Crippen LogP) is 3.84. The number of benzene rings is 1. The highest BCUT2D eigenvalue weighted by atomic mass is 16.2. The average Bonchev–Trinajstić information content (AvgIpc) is 2.42. The van der Waals surface area contributed by atoms with Crippen molar-refractivity contribution in [2.75, 3.05) is 25.5 Å². The third-order valence-corrected chi connectivity index (χ3v) is 3.86. The Labute approximate surface area is 135 Å². The van der Waals surface area contributed by atoms with E-state index in [0.717, 1.165) is 18.7 Å². The molecule has 1 rings (SSSR count). The molecule has 0 aliphatic carbocycles. The van der Waals surface area contributed by atoms with Crippen molar-refractivity contribution in [3.8, 4) is 0 Å². The Kier molecular flexibility index (Phi) is 6.88. The van der Waals surface area contributed by atoms with Crippen LogP contribution < -0.4 is 10.6 Å². The number of carbonyl (C=O) groups excluding carboxylic acids is 1. The monoisotopic (exact) mass is 305 g/mol. The second-order valence-electron chi connectivity index (χ2n) is 7.14. The smallest absolute Gasteiger partial charge is 0.319 e. The molecule has 1 aromatic carbocycles. The van der Waals surface area contributed by atoms with Crippen LogP contribution in [0.4, 0.5) is 10.5 Å². The summed E-state index contributed by atoms with van der Waals surface area (Å²) < 4.78 is 0. The van der Waals surface area contributed by atoms with E-state index in [1.807, 2.05) is 12.1 Å². The van der Waals surface area contributed by atoms with E-state index in [1.54, 1.807) is 0 Å². The molecule has 0 saturated heterocycles. The zero-order chi connectivity index (χ0) is 16.8.